The molecule has 0 aliphatic heterocycles. The van der Waals surface area contributed by atoms with E-state index in [2.05, 4.69) is 13.8 Å². The van der Waals surface area contributed by atoms with Gasteiger partial charge in [0.15, 0.2) is 0 Å². The van der Waals surface area contributed by atoms with Gasteiger partial charge in [0.25, 0.3) is 0 Å². The minimum absolute atomic E-state index is 0.305. The molecule has 0 heterocycles. The van der Waals surface area contributed by atoms with Gasteiger partial charge in [-0.05, 0) is 56.3 Å². The van der Waals surface area contributed by atoms with Crippen LogP contribution in [0.5, 0.6) is 0 Å². The molecule has 0 aromatic heterocycles. The molecule has 0 amide bonds. The van der Waals surface area contributed by atoms with E-state index in [4.69, 9.17) is 0 Å². The zero-order valence-electron chi connectivity index (χ0n) is 10.3. The molecule has 0 aromatic rings. The van der Waals surface area contributed by atoms with Crippen LogP contribution in [-0.4, -0.2) is 10.7 Å². The smallest absolute Gasteiger partial charge is 0.0653 e. The third-order valence-electron chi connectivity index (χ3n) is 4.57. The highest BCUT2D eigenvalue weighted by Gasteiger charge is 2.41. The molecule has 1 nitrogen and oxygen atoms in total. The van der Waals surface area contributed by atoms with Crippen LogP contribution in [0.1, 0.15) is 65.2 Å². The first-order chi connectivity index (χ1) is 7.13. The fourth-order valence-corrected chi connectivity index (χ4v) is 3.33. The van der Waals surface area contributed by atoms with Crippen LogP contribution >= 0.6 is 0 Å². The maximum absolute atomic E-state index is 10.6. The van der Waals surface area contributed by atoms with Crippen LogP contribution in [0.3, 0.4) is 0 Å². The molecule has 2 fully saturated rings. The zero-order valence-corrected chi connectivity index (χ0v) is 10.3. The standard InChI is InChI=1S/C14H26O/c1-3-11(2)9-14(15)8-4-5-13(10-14)12-6-7-12/h11-13,15H,3-10H2,1-2H3. The van der Waals surface area contributed by atoms with Gasteiger partial charge in [0.2, 0.25) is 0 Å². The molecule has 1 N–H and O–H groups in total. The molecule has 0 spiro atoms. The van der Waals surface area contributed by atoms with Gasteiger partial charge in [-0.15, -0.1) is 0 Å². The Balaban J connectivity index is 1.88. The van der Waals surface area contributed by atoms with E-state index < -0.39 is 0 Å². The van der Waals surface area contributed by atoms with Gasteiger partial charge in [-0.25, -0.2) is 0 Å². The lowest BCUT2D eigenvalue weighted by atomic mass is 9.72. The molecular weight excluding hydrogens is 184 g/mol. The summed E-state index contributed by atoms with van der Waals surface area (Å²) in [7, 11) is 0. The Bertz CT molecular complexity index is 209. The predicted octanol–water partition coefficient (Wildman–Crippen LogP) is 3.75. The first-order valence-corrected chi connectivity index (χ1v) is 6.85. The van der Waals surface area contributed by atoms with Crippen LogP contribution in [0.15, 0.2) is 0 Å². The summed E-state index contributed by atoms with van der Waals surface area (Å²) in [6.45, 7) is 4.51. The minimum atomic E-state index is -0.305. The van der Waals surface area contributed by atoms with Crippen molar-refractivity contribution in [3.05, 3.63) is 0 Å². The quantitative estimate of drug-likeness (QED) is 0.749. The molecule has 0 saturated heterocycles. The highest BCUT2D eigenvalue weighted by Crippen LogP contribution is 2.48. The summed E-state index contributed by atoms with van der Waals surface area (Å²) in [5.74, 6) is 2.52. The fourth-order valence-electron chi connectivity index (χ4n) is 3.33. The number of hydrogen-bond acceptors (Lipinski definition) is 1. The fraction of sp³-hybridized carbons (Fsp3) is 1.00. The SMILES string of the molecule is CCC(C)CC1(O)CCCC(C2CC2)C1. The number of rotatable bonds is 4. The maximum atomic E-state index is 10.6. The summed E-state index contributed by atoms with van der Waals surface area (Å²) in [4.78, 5) is 0. The first kappa shape index (κ1) is 11.4. The largest absolute Gasteiger partial charge is 0.390 e. The van der Waals surface area contributed by atoms with Crippen LogP contribution in [0.25, 0.3) is 0 Å². The third-order valence-corrected chi connectivity index (χ3v) is 4.57. The van der Waals surface area contributed by atoms with Crippen molar-refractivity contribution >= 4 is 0 Å². The average molecular weight is 210 g/mol. The minimum Gasteiger partial charge on any atom is -0.390 e. The van der Waals surface area contributed by atoms with Gasteiger partial charge in [0.1, 0.15) is 0 Å². The van der Waals surface area contributed by atoms with Crippen molar-refractivity contribution in [1.82, 2.24) is 0 Å². The van der Waals surface area contributed by atoms with Crippen LogP contribution in [0, 0.1) is 17.8 Å². The molecule has 1 heteroatoms. The van der Waals surface area contributed by atoms with E-state index in [-0.39, 0.29) is 5.60 Å². The van der Waals surface area contributed by atoms with E-state index in [0.29, 0.717) is 5.92 Å². The summed E-state index contributed by atoms with van der Waals surface area (Å²) in [6.07, 6.45) is 9.90. The summed E-state index contributed by atoms with van der Waals surface area (Å²) in [6, 6.07) is 0. The molecule has 0 bridgehead atoms. The average Bonchev–Trinajstić information content (AvgIpc) is 3.00. The Morgan fingerprint density at radius 3 is 2.60 bits per heavy atom. The van der Waals surface area contributed by atoms with Crippen LogP contribution in [0.2, 0.25) is 0 Å². The van der Waals surface area contributed by atoms with E-state index in [1.807, 2.05) is 0 Å². The second-order valence-corrected chi connectivity index (χ2v) is 6.14. The van der Waals surface area contributed by atoms with Gasteiger partial charge in [-0.3, -0.25) is 0 Å². The van der Waals surface area contributed by atoms with Crippen molar-refractivity contribution in [3.63, 3.8) is 0 Å². The molecule has 15 heavy (non-hydrogen) atoms. The highest BCUT2D eigenvalue weighted by atomic mass is 16.3. The number of hydrogen-bond donors (Lipinski definition) is 1. The third kappa shape index (κ3) is 2.96. The highest BCUT2D eigenvalue weighted by molar-refractivity contribution is 4.93. The van der Waals surface area contributed by atoms with E-state index >= 15 is 0 Å². The molecule has 2 rings (SSSR count). The Labute approximate surface area is 94.3 Å². The summed E-state index contributed by atoms with van der Waals surface area (Å²) in [5.41, 5.74) is -0.305. The molecule has 0 radical (unpaired) electrons. The van der Waals surface area contributed by atoms with Crippen LogP contribution in [-0.2, 0) is 0 Å². The maximum Gasteiger partial charge on any atom is 0.0653 e. The molecule has 2 saturated carbocycles. The first-order valence-electron chi connectivity index (χ1n) is 6.85. The molecule has 3 unspecified atom stereocenters. The van der Waals surface area contributed by atoms with Crippen molar-refractivity contribution in [3.8, 4) is 0 Å². The van der Waals surface area contributed by atoms with E-state index in [0.717, 1.165) is 31.1 Å². The molecule has 2 aliphatic rings. The molecule has 0 aromatic carbocycles. The van der Waals surface area contributed by atoms with Crippen molar-refractivity contribution in [1.29, 1.82) is 0 Å². The van der Waals surface area contributed by atoms with Crippen LogP contribution in [0.4, 0.5) is 0 Å². The summed E-state index contributed by atoms with van der Waals surface area (Å²) in [5, 5.41) is 10.6. The van der Waals surface area contributed by atoms with Gasteiger partial charge in [-0.2, -0.15) is 0 Å². The topological polar surface area (TPSA) is 20.2 Å². The lowest BCUT2D eigenvalue weighted by Crippen LogP contribution is -2.37. The van der Waals surface area contributed by atoms with Gasteiger partial charge in [-0.1, -0.05) is 26.7 Å². The normalized spacial score (nSPS) is 39.0. The van der Waals surface area contributed by atoms with E-state index in [1.165, 1.54) is 32.1 Å². The second kappa shape index (κ2) is 4.45. The molecular formula is C14H26O. The van der Waals surface area contributed by atoms with Gasteiger partial charge >= 0.3 is 0 Å². The zero-order chi connectivity index (χ0) is 10.9. The Morgan fingerprint density at radius 1 is 1.27 bits per heavy atom. The Kier molecular flexibility index (Phi) is 3.39. The number of aliphatic hydroxyl groups is 1. The van der Waals surface area contributed by atoms with Crippen LogP contribution < -0.4 is 0 Å². The van der Waals surface area contributed by atoms with Gasteiger partial charge < -0.3 is 5.11 Å². The molecule has 3 atom stereocenters. The van der Waals surface area contributed by atoms with Crippen molar-refractivity contribution in [2.75, 3.05) is 0 Å². The van der Waals surface area contributed by atoms with Crippen molar-refractivity contribution in [2.24, 2.45) is 17.8 Å². The molecule has 2 aliphatic carbocycles. The Morgan fingerprint density at radius 2 is 2.00 bits per heavy atom. The van der Waals surface area contributed by atoms with Gasteiger partial charge in [0, 0.05) is 0 Å². The lowest BCUT2D eigenvalue weighted by molar-refractivity contribution is -0.0377. The summed E-state index contributed by atoms with van der Waals surface area (Å²) >= 11 is 0. The van der Waals surface area contributed by atoms with E-state index in [9.17, 15) is 5.11 Å². The van der Waals surface area contributed by atoms with Crippen molar-refractivity contribution < 1.29 is 5.11 Å². The molecule has 88 valence electrons. The second-order valence-electron chi connectivity index (χ2n) is 6.14. The monoisotopic (exact) mass is 210 g/mol. The van der Waals surface area contributed by atoms with Gasteiger partial charge in [0.05, 0.1) is 5.60 Å². The van der Waals surface area contributed by atoms with Crippen molar-refractivity contribution in [2.45, 2.75) is 70.8 Å². The van der Waals surface area contributed by atoms with E-state index in [1.54, 1.807) is 0 Å². The lowest BCUT2D eigenvalue weighted by Gasteiger charge is -2.38. The summed E-state index contributed by atoms with van der Waals surface area (Å²) < 4.78 is 0. The predicted molar refractivity (Wildman–Crippen MR) is 63.7 cm³/mol. The Hall–Kier alpha value is -0.0400.